The summed E-state index contributed by atoms with van der Waals surface area (Å²) < 4.78 is 0. The molecule has 9 nitrogen and oxygen atoms in total. The van der Waals surface area contributed by atoms with E-state index >= 15 is 0 Å². The Morgan fingerprint density at radius 1 is 1.20 bits per heavy atom. The van der Waals surface area contributed by atoms with Gasteiger partial charge in [-0.15, -0.1) is 10.2 Å². The van der Waals surface area contributed by atoms with Crippen molar-refractivity contribution in [2.75, 3.05) is 18.0 Å². The van der Waals surface area contributed by atoms with Crippen LogP contribution in [-0.4, -0.2) is 60.3 Å². The first-order valence-electron chi connectivity index (χ1n) is 10.0. The monoisotopic (exact) mass is 409 g/mol. The molecule has 1 aromatic carbocycles. The van der Waals surface area contributed by atoms with E-state index in [9.17, 15) is 10.2 Å². The summed E-state index contributed by atoms with van der Waals surface area (Å²) in [5.74, 6) is 0.578. The van der Waals surface area contributed by atoms with Gasteiger partial charge in [0, 0.05) is 36.4 Å². The first-order valence-corrected chi connectivity index (χ1v) is 10.0. The number of aliphatic hydroxyl groups excluding tert-OH is 1. The molecular weight excluding hydrogens is 382 g/mol. The van der Waals surface area contributed by atoms with Crippen LogP contribution in [0.5, 0.6) is 5.75 Å². The minimum absolute atomic E-state index is 0.0113. The second-order valence-electron chi connectivity index (χ2n) is 8.64. The first kappa shape index (κ1) is 20.2. The van der Waals surface area contributed by atoms with Crippen LogP contribution in [0.15, 0.2) is 30.7 Å². The van der Waals surface area contributed by atoms with E-state index in [0.717, 1.165) is 30.6 Å². The Morgan fingerprint density at radius 3 is 2.67 bits per heavy atom. The number of rotatable bonds is 5. The van der Waals surface area contributed by atoms with Crippen LogP contribution in [-0.2, 0) is 6.61 Å². The minimum atomic E-state index is -0.246. The minimum Gasteiger partial charge on any atom is -0.507 e. The highest BCUT2D eigenvalue weighted by Crippen LogP contribution is 2.36. The number of aromatic hydroxyl groups is 1. The maximum absolute atomic E-state index is 10.6. The Hall–Kier alpha value is -3.04. The average molecular weight is 409 g/mol. The maximum Gasteiger partial charge on any atom is 0.245 e. The van der Waals surface area contributed by atoms with Crippen LogP contribution < -0.4 is 10.2 Å². The third-order valence-corrected chi connectivity index (χ3v) is 5.11. The van der Waals surface area contributed by atoms with Gasteiger partial charge in [0.1, 0.15) is 11.4 Å². The summed E-state index contributed by atoms with van der Waals surface area (Å²) in [6.45, 7) is 7.92. The molecule has 0 amide bonds. The molecule has 0 radical (unpaired) electrons. The van der Waals surface area contributed by atoms with E-state index < -0.39 is 0 Å². The van der Waals surface area contributed by atoms with Gasteiger partial charge in [-0.1, -0.05) is 0 Å². The van der Waals surface area contributed by atoms with E-state index in [-0.39, 0.29) is 17.9 Å². The molecule has 30 heavy (non-hydrogen) atoms. The molecule has 0 saturated carbocycles. The lowest BCUT2D eigenvalue weighted by Crippen LogP contribution is -2.45. The SMILES string of the molecule is CC(C)(C)NC1CCN(c2ncc(-c3c(O)cc(-c4cn[nH]c4)cc3CO)nn2)C1. The zero-order valence-electron chi connectivity index (χ0n) is 17.4. The number of nitrogens with zero attached hydrogens (tertiary/aromatic N) is 5. The number of aliphatic hydroxyl groups is 1. The Bertz CT molecular complexity index is 997. The van der Waals surface area contributed by atoms with Gasteiger partial charge < -0.3 is 20.4 Å². The number of phenolic OH excluding ortho intramolecular Hbond substituents is 1. The Morgan fingerprint density at radius 2 is 2.03 bits per heavy atom. The van der Waals surface area contributed by atoms with Crippen LogP contribution in [0.25, 0.3) is 22.4 Å². The van der Waals surface area contributed by atoms with Gasteiger partial charge in [-0.25, -0.2) is 4.98 Å². The Labute approximate surface area is 175 Å². The molecule has 9 heteroatoms. The van der Waals surface area contributed by atoms with E-state index in [0.29, 0.717) is 28.8 Å². The molecule has 4 rings (SSSR count). The van der Waals surface area contributed by atoms with Crippen molar-refractivity contribution in [3.63, 3.8) is 0 Å². The molecule has 0 spiro atoms. The molecule has 1 atom stereocenters. The molecule has 1 aliphatic heterocycles. The second-order valence-corrected chi connectivity index (χ2v) is 8.64. The summed E-state index contributed by atoms with van der Waals surface area (Å²) in [4.78, 5) is 6.58. The van der Waals surface area contributed by atoms with Crippen LogP contribution >= 0.6 is 0 Å². The van der Waals surface area contributed by atoms with Gasteiger partial charge in [-0.3, -0.25) is 5.10 Å². The van der Waals surface area contributed by atoms with Crippen molar-refractivity contribution in [3.8, 4) is 28.1 Å². The summed E-state index contributed by atoms with van der Waals surface area (Å²) >= 11 is 0. The number of H-pyrrole nitrogens is 1. The van der Waals surface area contributed by atoms with Gasteiger partial charge in [-0.05, 0) is 50.5 Å². The summed E-state index contributed by atoms with van der Waals surface area (Å²) in [7, 11) is 0. The van der Waals surface area contributed by atoms with Crippen LogP contribution in [0.2, 0.25) is 0 Å². The zero-order chi connectivity index (χ0) is 21.3. The molecule has 3 aromatic rings. The van der Waals surface area contributed by atoms with Crippen molar-refractivity contribution in [3.05, 3.63) is 36.3 Å². The van der Waals surface area contributed by atoms with Crippen molar-refractivity contribution in [2.24, 2.45) is 0 Å². The van der Waals surface area contributed by atoms with E-state index in [1.54, 1.807) is 30.7 Å². The van der Waals surface area contributed by atoms with Gasteiger partial charge in [0.25, 0.3) is 0 Å². The van der Waals surface area contributed by atoms with Gasteiger partial charge in [0.15, 0.2) is 0 Å². The topological polar surface area (TPSA) is 123 Å². The van der Waals surface area contributed by atoms with E-state index in [1.165, 1.54) is 0 Å². The smallest absolute Gasteiger partial charge is 0.245 e. The predicted molar refractivity (Wildman–Crippen MR) is 114 cm³/mol. The van der Waals surface area contributed by atoms with Gasteiger partial charge in [0.2, 0.25) is 5.95 Å². The highest BCUT2D eigenvalue weighted by atomic mass is 16.3. The fourth-order valence-electron chi connectivity index (χ4n) is 3.88. The van der Waals surface area contributed by atoms with Crippen LogP contribution in [0.1, 0.15) is 32.8 Å². The molecule has 1 aliphatic rings. The van der Waals surface area contributed by atoms with Gasteiger partial charge in [0.05, 0.1) is 24.6 Å². The van der Waals surface area contributed by atoms with Crippen molar-refractivity contribution < 1.29 is 10.2 Å². The molecule has 1 unspecified atom stereocenters. The number of hydrogen-bond donors (Lipinski definition) is 4. The Balaban J connectivity index is 1.56. The van der Waals surface area contributed by atoms with E-state index in [1.807, 2.05) is 0 Å². The number of hydrogen-bond acceptors (Lipinski definition) is 8. The summed E-state index contributed by atoms with van der Waals surface area (Å²) in [5, 5.41) is 39.3. The molecule has 1 saturated heterocycles. The molecule has 3 heterocycles. The van der Waals surface area contributed by atoms with Gasteiger partial charge in [-0.2, -0.15) is 5.10 Å². The highest BCUT2D eigenvalue weighted by Gasteiger charge is 2.27. The second kappa shape index (κ2) is 8.00. The lowest BCUT2D eigenvalue weighted by molar-refractivity contribution is 0.282. The summed E-state index contributed by atoms with van der Waals surface area (Å²) in [6, 6.07) is 3.81. The quantitative estimate of drug-likeness (QED) is 0.505. The molecular formula is C21H27N7O2. The summed E-state index contributed by atoms with van der Waals surface area (Å²) in [6.07, 6.45) is 6.00. The fourth-order valence-corrected chi connectivity index (χ4v) is 3.88. The first-order chi connectivity index (χ1) is 14.3. The largest absolute Gasteiger partial charge is 0.507 e. The molecule has 158 valence electrons. The predicted octanol–water partition coefficient (Wildman–Crippen LogP) is 2.09. The lowest BCUT2D eigenvalue weighted by atomic mass is 9.98. The zero-order valence-corrected chi connectivity index (χ0v) is 17.4. The lowest BCUT2D eigenvalue weighted by Gasteiger charge is -2.25. The molecule has 4 N–H and O–H groups in total. The van der Waals surface area contributed by atoms with Gasteiger partial charge >= 0.3 is 0 Å². The molecule has 1 fully saturated rings. The van der Waals surface area contributed by atoms with E-state index in [4.69, 9.17) is 0 Å². The van der Waals surface area contributed by atoms with Crippen molar-refractivity contribution in [2.45, 2.75) is 45.4 Å². The van der Waals surface area contributed by atoms with Crippen molar-refractivity contribution >= 4 is 5.95 Å². The number of aromatic nitrogens is 5. The van der Waals surface area contributed by atoms with Crippen LogP contribution in [0.4, 0.5) is 5.95 Å². The number of anilines is 1. The third-order valence-electron chi connectivity index (χ3n) is 5.11. The average Bonchev–Trinajstić information content (AvgIpc) is 3.38. The van der Waals surface area contributed by atoms with E-state index in [2.05, 4.69) is 56.4 Å². The van der Waals surface area contributed by atoms with Crippen LogP contribution in [0.3, 0.4) is 0 Å². The number of nitrogens with one attached hydrogen (secondary N) is 2. The number of phenols is 1. The van der Waals surface area contributed by atoms with Crippen molar-refractivity contribution in [1.29, 1.82) is 0 Å². The van der Waals surface area contributed by atoms with Crippen LogP contribution in [0, 0.1) is 0 Å². The highest BCUT2D eigenvalue weighted by molar-refractivity contribution is 5.76. The fraction of sp³-hybridized carbons (Fsp3) is 0.429. The third kappa shape index (κ3) is 4.27. The molecule has 2 aromatic heterocycles. The maximum atomic E-state index is 10.6. The Kier molecular flexibility index (Phi) is 5.40. The molecule has 0 bridgehead atoms. The van der Waals surface area contributed by atoms with Crippen molar-refractivity contribution in [1.82, 2.24) is 30.7 Å². The summed E-state index contributed by atoms with van der Waals surface area (Å²) in [5.41, 5.74) is 3.03. The molecule has 0 aliphatic carbocycles. The standard InChI is InChI=1S/C21H27N7O2/c1-21(2,3)25-16-4-5-28(11-16)20-22-10-17(26-27-20)19-14(12-29)6-13(7-18(19)30)15-8-23-24-9-15/h6-10,16,25,29-30H,4-5,11-12H2,1-3H3,(H,23,24). The normalized spacial score (nSPS) is 16.9. The number of aromatic amines is 1. The number of benzene rings is 1.